The van der Waals surface area contributed by atoms with Crippen LogP contribution in [-0.4, -0.2) is 11.5 Å². The number of nitrogens with zero attached hydrogens (tertiary/aromatic N) is 1. The fourth-order valence-electron chi connectivity index (χ4n) is 1.83. The molecule has 0 saturated heterocycles. The Morgan fingerprint density at radius 3 is 2.68 bits per heavy atom. The molecule has 2 aromatic rings. The van der Waals surface area contributed by atoms with Crippen LogP contribution in [0.25, 0.3) is 0 Å². The zero-order valence-electron chi connectivity index (χ0n) is 11.5. The summed E-state index contributed by atoms with van der Waals surface area (Å²) in [6.07, 6.45) is 2.02. The quantitative estimate of drug-likeness (QED) is 0.838. The van der Waals surface area contributed by atoms with Crippen molar-refractivity contribution in [1.29, 1.82) is 0 Å². The van der Waals surface area contributed by atoms with Crippen molar-refractivity contribution < 1.29 is 4.74 Å². The number of aryl methyl sites for hydroxylation is 1. The molecule has 0 amide bonds. The molecule has 0 radical (unpaired) electrons. The van der Waals surface area contributed by atoms with Crippen LogP contribution < -0.4 is 10.1 Å². The van der Waals surface area contributed by atoms with E-state index < -0.39 is 0 Å². The Morgan fingerprint density at radius 2 is 1.89 bits per heavy atom. The van der Waals surface area contributed by atoms with Crippen molar-refractivity contribution in [1.82, 2.24) is 4.98 Å². The van der Waals surface area contributed by atoms with Gasteiger partial charge in [0.15, 0.2) is 0 Å². The normalized spacial score (nSPS) is 10.2. The maximum atomic E-state index is 5.87. The molecule has 0 saturated carbocycles. The van der Waals surface area contributed by atoms with E-state index in [0.29, 0.717) is 5.88 Å². The number of nitrogens with one attached hydrogen (secondary N) is 1. The van der Waals surface area contributed by atoms with Gasteiger partial charge < -0.3 is 10.1 Å². The highest BCUT2D eigenvalue weighted by Crippen LogP contribution is 2.24. The van der Waals surface area contributed by atoms with Gasteiger partial charge in [-0.05, 0) is 30.5 Å². The van der Waals surface area contributed by atoms with Gasteiger partial charge in [0.05, 0.1) is 0 Å². The summed E-state index contributed by atoms with van der Waals surface area (Å²) >= 11 is 0. The molecular weight excluding hydrogens is 236 g/mol. The number of para-hydroxylation sites is 1. The topological polar surface area (TPSA) is 34.1 Å². The van der Waals surface area contributed by atoms with Crippen molar-refractivity contribution in [3.8, 4) is 11.6 Å². The summed E-state index contributed by atoms with van der Waals surface area (Å²) in [5.74, 6) is 2.36. The number of aromatic nitrogens is 1. The predicted octanol–water partition coefficient (Wildman–Crippen LogP) is 4.26. The lowest BCUT2D eigenvalue weighted by Crippen LogP contribution is -2.02. The molecule has 3 heteroatoms. The molecular formula is C16H20N2O. The maximum absolute atomic E-state index is 5.87. The van der Waals surface area contributed by atoms with Crippen LogP contribution in [0.15, 0.2) is 42.5 Å². The SMILES string of the molecule is CCCNc1cccc(Oc2ccccc2CC)n1. The van der Waals surface area contributed by atoms with Crippen molar-refractivity contribution in [2.45, 2.75) is 26.7 Å². The fraction of sp³-hybridized carbons (Fsp3) is 0.312. The van der Waals surface area contributed by atoms with Crippen LogP contribution in [0, 0.1) is 0 Å². The molecule has 0 spiro atoms. The van der Waals surface area contributed by atoms with Gasteiger partial charge in [0, 0.05) is 12.6 Å². The van der Waals surface area contributed by atoms with Crippen LogP contribution in [0.1, 0.15) is 25.8 Å². The lowest BCUT2D eigenvalue weighted by Gasteiger charge is -2.10. The molecule has 19 heavy (non-hydrogen) atoms. The highest BCUT2D eigenvalue weighted by atomic mass is 16.5. The van der Waals surface area contributed by atoms with E-state index in [2.05, 4.69) is 30.2 Å². The molecule has 0 aliphatic heterocycles. The van der Waals surface area contributed by atoms with Gasteiger partial charge >= 0.3 is 0 Å². The zero-order chi connectivity index (χ0) is 13.5. The molecule has 100 valence electrons. The van der Waals surface area contributed by atoms with E-state index in [1.165, 1.54) is 5.56 Å². The van der Waals surface area contributed by atoms with Gasteiger partial charge in [-0.1, -0.05) is 38.1 Å². The first-order valence-corrected chi connectivity index (χ1v) is 6.80. The van der Waals surface area contributed by atoms with Gasteiger partial charge in [-0.15, -0.1) is 0 Å². The minimum absolute atomic E-state index is 0.627. The van der Waals surface area contributed by atoms with Crippen molar-refractivity contribution in [3.05, 3.63) is 48.0 Å². The standard InChI is InChI=1S/C16H20N2O/c1-3-12-17-15-10-7-11-16(18-15)19-14-9-6-5-8-13(14)4-2/h5-11H,3-4,12H2,1-2H3,(H,17,18). The third-order valence-electron chi connectivity index (χ3n) is 2.85. The monoisotopic (exact) mass is 256 g/mol. The average Bonchev–Trinajstić information content (AvgIpc) is 2.46. The molecule has 0 aliphatic rings. The van der Waals surface area contributed by atoms with Crippen LogP contribution in [-0.2, 0) is 6.42 Å². The second-order valence-electron chi connectivity index (χ2n) is 4.35. The molecule has 0 fully saturated rings. The van der Waals surface area contributed by atoms with Crippen LogP contribution in [0.3, 0.4) is 0 Å². The third kappa shape index (κ3) is 3.71. The minimum Gasteiger partial charge on any atom is -0.439 e. The van der Waals surface area contributed by atoms with Crippen molar-refractivity contribution in [2.24, 2.45) is 0 Å². The molecule has 0 unspecified atom stereocenters. The number of hydrogen-bond donors (Lipinski definition) is 1. The second-order valence-corrected chi connectivity index (χ2v) is 4.35. The van der Waals surface area contributed by atoms with Crippen molar-refractivity contribution >= 4 is 5.82 Å². The molecule has 1 aromatic heterocycles. The Kier molecular flexibility index (Phi) is 4.78. The summed E-state index contributed by atoms with van der Waals surface area (Å²) in [5.41, 5.74) is 1.19. The molecule has 0 bridgehead atoms. The van der Waals surface area contributed by atoms with Gasteiger partial charge in [-0.2, -0.15) is 4.98 Å². The summed E-state index contributed by atoms with van der Waals surface area (Å²) in [7, 11) is 0. The lowest BCUT2D eigenvalue weighted by atomic mass is 10.1. The van der Waals surface area contributed by atoms with Gasteiger partial charge in [-0.3, -0.25) is 0 Å². The molecule has 2 rings (SSSR count). The first kappa shape index (κ1) is 13.4. The van der Waals surface area contributed by atoms with Crippen molar-refractivity contribution in [3.63, 3.8) is 0 Å². The van der Waals surface area contributed by atoms with Gasteiger partial charge in [0.1, 0.15) is 11.6 Å². The molecule has 3 nitrogen and oxygen atoms in total. The molecule has 1 heterocycles. The number of rotatable bonds is 6. The van der Waals surface area contributed by atoms with Crippen LogP contribution in [0.4, 0.5) is 5.82 Å². The van der Waals surface area contributed by atoms with Gasteiger partial charge in [0.2, 0.25) is 5.88 Å². The molecule has 0 aliphatic carbocycles. The van der Waals surface area contributed by atoms with E-state index in [0.717, 1.165) is 31.0 Å². The Morgan fingerprint density at radius 1 is 1.05 bits per heavy atom. The number of benzene rings is 1. The highest BCUT2D eigenvalue weighted by Gasteiger charge is 2.04. The summed E-state index contributed by atoms with van der Waals surface area (Å²) in [4.78, 5) is 4.45. The number of hydrogen-bond acceptors (Lipinski definition) is 3. The predicted molar refractivity (Wildman–Crippen MR) is 78.9 cm³/mol. The maximum Gasteiger partial charge on any atom is 0.221 e. The van der Waals surface area contributed by atoms with Crippen LogP contribution in [0.2, 0.25) is 0 Å². The van der Waals surface area contributed by atoms with E-state index >= 15 is 0 Å². The van der Waals surface area contributed by atoms with E-state index in [-0.39, 0.29) is 0 Å². The Hall–Kier alpha value is -2.03. The Balaban J connectivity index is 2.14. The zero-order valence-corrected chi connectivity index (χ0v) is 11.5. The van der Waals surface area contributed by atoms with Crippen molar-refractivity contribution in [2.75, 3.05) is 11.9 Å². The first-order chi connectivity index (χ1) is 9.33. The van der Waals surface area contributed by atoms with E-state index in [4.69, 9.17) is 4.74 Å². The highest BCUT2D eigenvalue weighted by molar-refractivity contribution is 5.40. The third-order valence-corrected chi connectivity index (χ3v) is 2.85. The number of ether oxygens (including phenoxy) is 1. The van der Waals surface area contributed by atoms with Gasteiger partial charge in [0.25, 0.3) is 0 Å². The van der Waals surface area contributed by atoms with Gasteiger partial charge in [-0.25, -0.2) is 0 Å². The number of anilines is 1. The van der Waals surface area contributed by atoms with Crippen LogP contribution in [0.5, 0.6) is 11.6 Å². The smallest absolute Gasteiger partial charge is 0.221 e. The largest absolute Gasteiger partial charge is 0.439 e. The first-order valence-electron chi connectivity index (χ1n) is 6.80. The summed E-state index contributed by atoms with van der Waals surface area (Å²) in [6.45, 7) is 5.17. The number of pyridine rings is 1. The minimum atomic E-state index is 0.627. The second kappa shape index (κ2) is 6.78. The molecule has 0 atom stereocenters. The summed E-state index contributed by atoms with van der Waals surface area (Å²) in [5, 5.41) is 3.26. The average molecular weight is 256 g/mol. The lowest BCUT2D eigenvalue weighted by molar-refractivity contribution is 0.458. The van der Waals surface area contributed by atoms with E-state index in [9.17, 15) is 0 Å². The van der Waals surface area contributed by atoms with E-state index in [1.54, 1.807) is 0 Å². The van der Waals surface area contributed by atoms with E-state index in [1.807, 2.05) is 36.4 Å². The Bertz CT molecular complexity index is 526. The Labute approximate surface area is 114 Å². The molecule has 1 aromatic carbocycles. The molecule has 1 N–H and O–H groups in total. The summed E-state index contributed by atoms with van der Waals surface area (Å²) < 4.78 is 5.87. The fourth-order valence-corrected chi connectivity index (χ4v) is 1.83. The van der Waals surface area contributed by atoms with Crippen LogP contribution >= 0.6 is 0 Å². The summed E-state index contributed by atoms with van der Waals surface area (Å²) in [6, 6.07) is 13.8.